The van der Waals surface area contributed by atoms with Gasteiger partial charge in [0.25, 0.3) is 0 Å². The van der Waals surface area contributed by atoms with Gasteiger partial charge in [0.1, 0.15) is 6.04 Å². The van der Waals surface area contributed by atoms with Crippen LogP contribution in [-0.4, -0.2) is 64.8 Å². The van der Waals surface area contributed by atoms with Gasteiger partial charge in [0.05, 0.1) is 11.7 Å². The third-order valence-electron chi connectivity index (χ3n) is 5.10. The molecule has 1 aromatic carbocycles. The van der Waals surface area contributed by atoms with Crippen molar-refractivity contribution in [2.45, 2.75) is 56.4 Å². The van der Waals surface area contributed by atoms with Crippen LogP contribution < -0.4 is 4.72 Å². The molecule has 160 valence electrons. The average molecular weight is 426 g/mol. The van der Waals surface area contributed by atoms with Crippen molar-refractivity contribution in [3.05, 3.63) is 35.9 Å². The lowest BCUT2D eigenvalue weighted by Crippen LogP contribution is -2.60. The van der Waals surface area contributed by atoms with Crippen molar-refractivity contribution in [2.75, 3.05) is 6.54 Å². The van der Waals surface area contributed by atoms with Gasteiger partial charge in [-0.05, 0) is 38.7 Å². The summed E-state index contributed by atoms with van der Waals surface area (Å²) in [6, 6.07) is 7.49. The van der Waals surface area contributed by atoms with Crippen LogP contribution >= 0.6 is 0 Å². The monoisotopic (exact) mass is 426 g/mol. The SMILES string of the molecule is CC(C)S(=O)(=O)N[C@H](Cc1ccccc1)C(=O)N1CCC[C@@]1(CC(=O)O)C(=O)O. The molecule has 0 radical (unpaired) electrons. The van der Waals surface area contributed by atoms with E-state index in [0.717, 1.165) is 4.90 Å². The van der Waals surface area contributed by atoms with E-state index in [1.165, 1.54) is 13.8 Å². The highest BCUT2D eigenvalue weighted by Gasteiger charge is 2.52. The van der Waals surface area contributed by atoms with Gasteiger partial charge in [-0.1, -0.05) is 30.3 Å². The Hall–Kier alpha value is -2.46. The number of nitrogens with zero attached hydrogens (tertiary/aromatic N) is 1. The van der Waals surface area contributed by atoms with Gasteiger partial charge >= 0.3 is 11.9 Å². The van der Waals surface area contributed by atoms with Crippen LogP contribution in [-0.2, 0) is 30.8 Å². The number of amides is 1. The number of carboxylic acids is 2. The van der Waals surface area contributed by atoms with Crippen molar-refractivity contribution in [1.82, 2.24) is 9.62 Å². The summed E-state index contributed by atoms with van der Waals surface area (Å²) in [4.78, 5) is 37.6. The van der Waals surface area contributed by atoms with Crippen LogP contribution in [0.5, 0.6) is 0 Å². The molecule has 1 aromatic rings. The van der Waals surface area contributed by atoms with Crippen molar-refractivity contribution in [3.63, 3.8) is 0 Å². The largest absolute Gasteiger partial charge is 0.481 e. The lowest BCUT2D eigenvalue weighted by Gasteiger charge is -2.36. The number of benzene rings is 1. The highest BCUT2D eigenvalue weighted by molar-refractivity contribution is 7.90. The van der Waals surface area contributed by atoms with Crippen LogP contribution in [0.2, 0.25) is 0 Å². The zero-order chi connectivity index (χ0) is 21.8. The molecule has 0 aliphatic carbocycles. The molecule has 0 aromatic heterocycles. The third kappa shape index (κ3) is 5.13. The minimum absolute atomic E-state index is 0.00460. The summed E-state index contributed by atoms with van der Waals surface area (Å²) in [7, 11) is -3.83. The van der Waals surface area contributed by atoms with Crippen LogP contribution in [0.3, 0.4) is 0 Å². The number of sulfonamides is 1. The zero-order valence-electron chi connectivity index (χ0n) is 16.4. The number of carbonyl (C=O) groups is 3. The predicted molar refractivity (Wildman–Crippen MR) is 105 cm³/mol. The molecule has 1 aliphatic rings. The van der Waals surface area contributed by atoms with Crippen LogP contribution in [0.15, 0.2) is 30.3 Å². The fourth-order valence-corrected chi connectivity index (χ4v) is 4.34. The van der Waals surface area contributed by atoms with Crippen LogP contribution in [0, 0.1) is 0 Å². The van der Waals surface area contributed by atoms with E-state index in [1.54, 1.807) is 30.3 Å². The first-order valence-corrected chi connectivity index (χ1v) is 10.9. The molecule has 0 saturated carbocycles. The Labute approximate surface area is 169 Å². The number of carbonyl (C=O) groups excluding carboxylic acids is 1. The maximum atomic E-state index is 13.3. The van der Waals surface area contributed by atoms with E-state index in [4.69, 9.17) is 0 Å². The van der Waals surface area contributed by atoms with E-state index in [2.05, 4.69) is 4.72 Å². The molecule has 1 amide bonds. The second-order valence-electron chi connectivity index (χ2n) is 7.45. The van der Waals surface area contributed by atoms with Crippen molar-refractivity contribution in [1.29, 1.82) is 0 Å². The molecule has 2 rings (SSSR count). The van der Waals surface area contributed by atoms with E-state index in [9.17, 15) is 33.0 Å². The second-order valence-corrected chi connectivity index (χ2v) is 9.72. The highest BCUT2D eigenvalue weighted by Crippen LogP contribution is 2.34. The molecular formula is C19H26N2O7S. The van der Waals surface area contributed by atoms with Crippen LogP contribution in [0.4, 0.5) is 0 Å². The molecule has 9 nitrogen and oxygen atoms in total. The van der Waals surface area contributed by atoms with Gasteiger partial charge in [-0.2, -0.15) is 0 Å². The molecule has 1 heterocycles. The van der Waals surface area contributed by atoms with Gasteiger partial charge in [0.15, 0.2) is 5.54 Å². The van der Waals surface area contributed by atoms with Crippen molar-refractivity contribution < 1.29 is 33.0 Å². The molecule has 10 heteroatoms. The smallest absolute Gasteiger partial charge is 0.330 e. The van der Waals surface area contributed by atoms with Gasteiger partial charge in [-0.3, -0.25) is 9.59 Å². The molecule has 1 fully saturated rings. The first kappa shape index (κ1) is 22.8. The summed E-state index contributed by atoms with van der Waals surface area (Å²) in [6.07, 6.45) is -0.413. The topological polar surface area (TPSA) is 141 Å². The molecule has 2 atom stereocenters. The van der Waals surface area contributed by atoms with Crippen molar-refractivity contribution in [2.24, 2.45) is 0 Å². The molecule has 1 aliphatic heterocycles. The predicted octanol–water partition coefficient (Wildman–Crippen LogP) is 0.846. The lowest BCUT2D eigenvalue weighted by atomic mass is 9.91. The third-order valence-corrected chi connectivity index (χ3v) is 6.96. The van der Waals surface area contributed by atoms with Crippen molar-refractivity contribution >= 4 is 27.9 Å². The van der Waals surface area contributed by atoms with E-state index in [1.807, 2.05) is 0 Å². The Balaban J connectivity index is 2.41. The number of rotatable bonds is 9. The lowest BCUT2D eigenvalue weighted by molar-refractivity contribution is -0.161. The summed E-state index contributed by atoms with van der Waals surface area (Å²) in [5, 5.41) is 18.1. The number of hydrogen-bond donors (Lipinski definition) is 3. The zero-order valence-corrected chi connectivity index (χ0v) is 17.2. The number of nitrogens with one attached hydrogen (secondary N) is 1. The fourth-order valence-electron chi connectivity index (χ4n) is 3.48. The normalized spacial score (nSPS) is 20.6. The number of aliphatic carboxylic acids is 2. The maximum absolute atomic E-state index is 13.3. The molecule has 0 spiro atoms. The van der Waals surface area contributed by atoms with Gasteiger partial charge in [0.2, 0.25) is 15.9 Å². The first-order chi connectivity index (χ1) is 13.5. The molecule has 1 saturated heterocycles. The Bertz CT molecular complexity index is 870. The minimum Gasteiger partial charge on any atom is -0.481 e. The summed E-state index contributed by atoms with van der Waals surface area (Å²) in [6.45, 7) is 2.98. The van der Waals surface area contributed by atoms with Gasteiger partial charge in [-0.25, -0.2) is 17.9 Å². The highest BCUT2D eigenvalue weighted by atomic mass is 32.2. The summed E-state index contributed by atoms with van der Waals surface area (Å²) < 4.78 is 27.3. The standard InChI is InChI=1S/C19H26N2O7S/c1-13(2)29(27,28)20-15(11-14-7-4-3-5-8-14)17(24)21-10-6-9-19(21,18(25)26)12-16(22)23/h3-5,7-8,13,15,20H,6,9-12H2,1-2H3,(H,22,23)(H,25,26)/t15-,19-/m1/s1. The number of carboxylic acid groups (broad SMARTS) is 2. The summed E-state index contributed by atoms with van der Waals surface area (Å²) >= 11 is 0. The van der Waals surface area contributed by atoms with E-state index in [-0.39, 0.29) is 19.4 Å². The number of likely N-dealkylation sites (tertiary alicyclic amines) is 1. The Morgan fingerprint density at radius 1 is 1.17 bits per heavy atom. The Morgan fingerprint density at radius 3 is 2.31 bits per heavy atom. The Kier molecular flexibility index (Phi) is 7.02. The maximum Gasteiger partial charge on any atom is 0.330 e. The van der Waals surface area contributed by atoms with E-state index in [0.29, 0.717) is 12.0 Å². The summed E-state index contributed by atoms with van der Waals surface area (Å²) in [5.41, 5.74) is -1.20. The first-order valence-electron chi connectivity index (χ1n) is 9.31. The van der Waals surface area contributed by atoms with Crippen molar-refractivity contribution in [3.8, 4) is 0 Å². The van der Waals surface area contributed by atoms with Gasteiger partial charge in [0, 0.05) is 6.54 Å². The minimum atomic E-state index is -3.83. The molecule has 0 unspecified atom stereocenters. The molecule has 0 bridgehead atoms. The fraction of sp³-hybridized carbons (Fsp3) is 0.526. The average Bonchev–Trinajstić information content (AvgIpc) is 3.05. The van der Waals surface area contributed by atoms with Crippen LogP contribution in [0.1, 0.15) is 38.7 Å². The molecule has 29 heavy (non-hydrogen) atoms. The quantitative estimate of drug-likeness (QED) is 0.531. The van der Waals surface area contributed by atoms with Gasteiger partial charge < -0.3 is 15.1 Å². The number of hydrogen-bond acceptors (Lipinski definition) is 5. The van der Waals surface area contributed by atoms with Gasteiger partial charge in [-0.15, -0.1) is 0 Å². The molecular weight excluding hydrogens is 400 g/mol. The Morgan fingerprint density at radius 2 is 1.79 bits per heavy atom. The van der Waals surface area contributed by atoms with E-state index >= 15 is 0 Å². The second kappa shape index (κ2) is 8.91. The van der Waals surface area contributed by atoms with Crippen LogP contribution in [0.25, 0.3) is 0 Å². The summed E-state index contributed by atoms with van der Waals surface area (Å²) in [5.74, 6) is -3.48. The molecule has 3 N–H and O–H groups in total. The van der Waals surface area contributed by atoms with E-state index < -0.39 is 51.1 Å².